The molecule has 379 valence electrons. The number of hydrogen-bond donors (Lipinski definition) is 2. The van der Waals surface area contributed by atoms with Gasteiger partial charge in [-0.05, 0) is 60.7 Å². The number of phenols is 2. The molecular weight excluding hydrogens is 1210 g/mol. The van der Waals surface area contributed by atoms with Gasteiger partial charge in [-0.1, -0.05) is 12.1 Å². The monoisotopic (exact) mass is 1230 g/mol. The fourth-order valence-corrected chi connectivity index (χ4v) is 7.34. The molecule has 0 spiro atoms. The van der Waals surface area contributed by atoms with Crippen molar-refractivity contribution in [3.63, 3.8) is 0 Å². The van der Waals surface area contributed by atoms with Crippen LogP contribution in [0.5, 0.6) is 11.5 Å². The molecule has 32 nitrogen and oxygen atoms in total. The number of nitro benzene ring substituents is 2. The molecule has 1 radical (unpaired) electrons. The van der Waals surface area contributed by atoms with Gasteiger partial charge in [0.25, 0.3) is 11.4 Å². The topological polar surface area (TPSA) is 550 Å². The standard InChI is InChI=1S/2C18H13N7O9S2.Cr.5Na/c2*19-12-7-13(20)15(8-14(12)22-21-9-1-3-11(4-2-9)35(29,30)31)23-24-16-5-10(25(27)28)6-17(18(16)26)36(32,33)34;;;;;;/h2*1-8H,(H5-2,19,20,21,22,23,24,26,29,30,31,32,33,34);;;;;;/q2*-2;+3;5*+1/p-4. The summed E-state index contributed by atoms with van der Waals surface area (Å²) in [5.41, 5.74) is 26.5. The second-order valence-corrected chi connectivity index (χ2v) is 19.0. The summed E-state index contributed by atoms with van der Waals surface area (Å²) in [7, 11) is -19.9. The smallest absolute Gasteiger partial charge is 0.744 e. The van der Waals surface area contributed by atoms with Gasteiger partial charge in [-0.3, -0.25) is 20.2 Å². The van der Waals surface area contributed by atoms with Crippen LogP contribution in [0.3, 0.4) is 0 Å². The van der Waals surface area contributed by atoms with Crippen molar-refractivity contribution in [3.05, 3.63) is 140 Å². The molecule has 0 heterocycles. The van der Waals surface area contributed by atoms with Crippen molar-refractivity contribution in [2.45, 2.75) is 19.6 Å². The first-order chi connectivity index (χ1) is 33.3. The van der Waals surface area contributed by atoms with E-state index < -0.39 is 104 Å². The molecule has 0 unspecified atom stereocenters. The minimum atomic E-state index is -5.31. The van der Waals surface area contributed by atoms with Crippen LogP contribution in [0.15, 0.2) is 158 Å². The number of phenolic OH excluding ortho intramolecular Hbond substituents is 2. The largest absolute Gasteiger partial charge is 3.00 e. The van der Waals surface area contributed by atoms with Crippen LogP contribution < -0.4 is 148 Å². The van der Waals surface area contributed by atoms with Crippen LogP contribution in [-0.4, -0.2) is 71.9 Å². The van der Waals surface area contributed by atoms with Crippen LogP contribution in [-0.2, 0) is 57.8 Å². The molecule has 0 amide bonds. The molecular formula is C36H22CrN14Na5O18S4. The maximum absolute atomic E-state index is 11.3. The molecule has 0 fully saturated rings. The number of nitro groups is 2. The first kappa shape index (κ1) is 76.6. The first-order valence-corrected chi connectivity index (χ1v) is 23.9. The van der Waals surface area contributed by atoms with Crippen molar-refractivity contribution >= 4 is 120 Å². The second kappa shape index (κ2) is 31.6. The Hall–Kier alpha value is -3.51. The van der Waals surface area contributed by atoms with Gasteiger partial charge in [0.05, 0.1) is 53.8 Å². The van der Waals surface area contributed by atoms with Crippen molar-refractivity contribution in [2.24, 2.45) is 40.9 Å². The normalized spacial score (nSPS) is 11.4. The molecule has 0 bridgehead atoms. The van der Waals surface area contributed by atoms with Gasteiger partial charge >= 0.3 is 165 Å². The molecule has 0 atom stereocenters. The Morgan fingerprint density at radius 1 is 0.372 bits per heavy atom. The Labute approximate surface area is 561 Å². The zero-order valence-corrected chi connectivity index (χ0v) is 54.7. The average Bonchev–Trinajstić information content (AvgIpc) is 3.27. The van der Waals surface area contributed by atoms with E-state index in [4.69, 9.17) is 22.9 Å². The third-order valence-corrected chi connectivity index (χ3v) is 12.0. The minimum Gasteiger partial charge on any atom is -0.744 e. The molecule has 6 N–H and O–H groups in total. The van der Waals surface area contributed by atoms with E-state index in [0.717, 1.165) is 48.5 Å². The minimum absolute atomic E-state index is 0. The van der Waals surface area contributed by atoms with E-state index in [2.05, 4.69) is 40.9 Å². The van der Waals surface area contributed by atoms with Gasteiger partial charge in [-0.25, -0.2) is 33.7 Å². The number of nitrogens with one attached hydrogen (secondary N) is 4. The van der Waals surface area contributed by atoms with Crippen LogP contribution in [0, 0.1) is 20.2 Å². The molecule has 0 aliphatic rings. The molecule has 6 rings (SSSR count). The van der Waals surface area contributed by atoms with Gasteiger partial charge in [-0.15, -0.1) is 33.0 Å². The summed E-state index contributed by atoms with van der Waals surface area (Å²) < 4.78 is 134. The zero-order chi connectivity index (χ0) is 53.7. The molecule has 0 aromatic heterocycles. The van der Waals surface area contributed by atoms with Crippen LogP contribution in [0.1, 0.15) is 0 Å². The predicted molar refractivity (Wildman–Crippen MR) is 240 cm³/mol. The van der Waals surface area contributed by atoms with Crippen molar-refractivity contribution in [1.29, 1.82) is 0 Å². The van der Waals surface area contributed by atoms with Crippen LogP contribution in [0.2, 0.25) is 0 Å². The van der Waals surface area contributed by atoms with E-state index >= 15 is 0 Å². The van der Waals surface area contributed by atoms with E-state index in [1.165, 1.54) is 24.3 Å². The van der Waals surface area contributed by atoms with Crippen molar-refractivity contribution in [3.8, 4) is 11.5 Å². The van der Waals surface area contributed by atoms with E-state index in [9.17, 15) is 82.3 Å². The number of aromatic hydroxyl groups is 2. The maximum Gasteiger partial charge on any atom is 3.00 e. The molecule has 78 heavy (non-hydrogen) atoms. The summed E-state index contributed by atoms with van der Waals surface area (Å²) in [6, 6.07) is 14.9. The summed E-state index contributed by atoms with van der Waals surface area (Å²) >= 11 is 0. The molecule has 0 saturated carbocycles. The summed E-state index contributed by atoms with van der Waals surface area (Å²) in [5, 5.41) is 71.6. The van der Waals surface area contributed by atoms with Crippen molar-refractivity contribution in [1.82, 2.24) is 0 Å². The molecule has 6 aromatic carbocycles. The zero-order valence-electron chi connectivity index (χ0n) is 40.2. The van der Waals surface area contributed by atoms with Crippen LogP contribution in [0.25, 0.3) is 22.9 Å². The van der Waals surface area contributed by atoms with Gasteiger partial charge in [0.2, 0.25) is 0 Å². The Kier molecular flexibility index (Phi) is 31.1. The predicted octanol–water partition coefficient (Wildman–Crippen LogP) is -4.37. The first-order valence-electron chi connectivity index (χ1n) is 18.3. The summed E-state index contributed by atoms with van der Waals surface area (Å²) in [6.07, 6.45) is 0. The SMILES string of the molecule is [Cr+3].[NH-]c1cc([NH-])c(N=Nc2cc([N+](=O)[O-])cc(S(=O)(=O)[O-])c2O)cc1N=Nc1ccc(S(=O)(=O)[O-])cc1.[NH-]c1cc([NH-])c(N=Nc2cc([N+](=O)[O-])cc(S(=O)(=O)[O-])c2O)cc1N=Nc1ccc(S(=O)(=O)[O-])cc1.[Na+].[Na+].[Na+].[Na+].[Na+]. The summed E-state index contributed by atoms with van der Waals surface area (Å²) in [5.74, 6) is -2.38. The summed E-state index contributed by atoms with van der Waals surface area (Å²) in [4.78, 5) is 16.5. The molecule has 0 saturated heterocycles. The third kappa shape index (κ3) is 21.1. The molecule has 0 aliphatic carbocycles. The van der Waals surface area contributed by atoms with Gasteiger partial charge in [0, 0.05) is 24.3 Å². The number of benzene rings is 6. The fraction of sp³-hybridized carbons (Fsp3) is 0. The van der Waals surface area contributed by atoms with Gasteiger partial charge in [0.15, 0.2) is 11.5 Å². The van der Waals surface area contributed by atoms with Gasteiger partial charge in [0.1, 0.15) is 61.6 Å². The number of hydrogen-bond acceptors (Lipinski definition) is 26. The molecule has 0 aliphatic heterocycles. The average molecular weight is 1230 g/mol. The van der Waals surface area contributed by atoms with Gasteiger partial charge < -0.3 is 51.4 Å². The number of azo groups is 4. The van der Waals surface area contributed by atoms with Crippen molar-refractivity contribution in [2.75, 3.05) is 0 Å². The molecule has 6 aromatic rings. The number of nitrogens with zero attached hydrogens (tertiary/aromatic N) is 10. The number of non-ortho nitro benzene ring substituents is 2. The summed E-state index contributed by atoms with van der Waals surface area (Å²) in [6.45, 7) is 0. The Morgan fingerprint density at radius 3 is 0.846 bits per heavy atom. The Balaban J connectivity index is 0. The Morgan fingerprint density at radius 2 is 0.615 bits per heavy atom. The molecule has 42 heteroatoms. The van der Waals surface area contributed by atoms with E-state index in [-0.39, 0.29) is 222 Å². The van der Waals surface area contributed by atoms with Crippen LogP contribution >= 0.6 is 0 Å². The van der Waals surface area contributed by atoms with E-state index in [1.807, 2.05) is 0 Å². The van der Waals surface area contributed by atoms with E-state index in [0.29, 0.717) is 24.3 Å². The van der Waals surface area contributed by atoms with Crippen LogP contribution in [0.4, 0.5) is 79.6 Å². The maximum atomic E-state index is 11.3. The van der Waals surface area contributed by atoms with E-state index in [1.54, 1.807) is 0 Å². The third-order valence-electron chi connectivity index (χ3n) is 8.60. The fourth-order valence-electron chi connectivity index (χ4n) is 5.19. The Bertz CT molecular complexity index is 3550. The number of rotatable bonds is 14. The quantitative estimate of drug-likeness (QED) is 0.0342. The van der Waals surface area contributed by atoms with Crippen molar-refractivity contribution < 1.29 is 237 Å². The second-order valence-electron chi connectivity index (χ2n) is 13.5. The van der Waals surface area contributed by atoms with Gasteiger partial charge in [-0.2, -0.15) is 30.7 Å².